The van der Waals surface area contributed by atoms with Gasteiger partial charge in [0, 0.05) is 37.4 Å². The summed E-state index contributed by atoms with van der Waals surface area (Å²) >= 11 is 0. The molecule has 0 radical (unpaired) electrons. The number of hydrogen-bond donors (Lipinski definition) is 2. The average Bonchev–Trinajstić information content (AvgIpc) is 3.26. The number of hydrogen-bond acceptors (Lipinski definition) is 6. The molecule has 1 spiro atoms. The third kappa shape index (κ3) is 8.89. The molecule has 12 heteroatoms. The Morgan fingerprint density at radius 2 is 1.77 bits per heavy atom. The third-order valence-corrected chi connectivity index (χ3v) is 10.6. The fourth-order valence-electron chi connectivity index (χ4n) is 6.53. The molecule has 0 aromatic heterocycles. The summed E-state index contributed by atoms with van der Waals surface area (Å²) < 4.78 is 70.9. The molecule has 4 rings (SSSR count). The van der Waals surface area contributed by atoms with Crippen LogP contribution in [-0.4, -0.2) is 74.2 Å². The topological polar surface area (TPSA) is 108 Å². The van der Waals surface area contributed by atoms with E-state index in [0.29, 0.717) is 44.7 Å². The number of aryl methyl sites for hydroxylation is 3. The van der Waals surface area contributed by atoms with Crippen LogP contribution in [-0.2, 0) is 26.0 Å². The highest BCUT2D eigenvalue weighted by molar-refractivity contribution is 7.92. The molecule has 0 unspecified atom stereocenters. The van der Waals surface area contributed by atoms with Gasteiger partial charge >= 0.3 is 6.18 Å². The molecule has 1 amide bonds. The molecule has 8 nitrogen and oxygen atoms in total. The molecule has 2 fully saturated rings. The van der Waals surface area contributed by atoms with E-state index >= 15 is 0 Å². The van der Waals surface area contributed by atoms with E-state index in [1.807, 2.05) is 13.8 Å². The minimum atomic E-state index is -4.13. The van der Waals surface area contributed by atoms with Crippen molar-refractivity contribution in [1.82, 2.24) is 9.62 Å². The van der Waals surface area contributed by atoms with Gasteiger partial charge in [0.05, 0.1) is 13.2 Å². The minimum absolute atomic E-state index is 0.00675. The largest absolute Gasteiger partial charge is 0.394 e. The Labute approximate surface area is 252 Å². The second kappa shape index (κ2) is 14.2. The first-order valence-electron chi connectivity index (χ1n) is 15.3. The predicted molar refractivity (Wildman–Crippen MR) is 160 cm³/mol. The maximum Gasteiger partial charge on any atom is 0.389 e. The van der Waals surface area contributed by atoms with Gasteiger partial charge in [-0.2, -0.15) is 17.5 Å². The van der Waals surface area contributed by atoms with Crippen molar-refractivity contribution in [2.75, 3.05) is 32.9 Å². The standard InChI is InChI=1S/C31H44F3N3O5S/c1-22-20-25(4-3-17-42-18-16-38)21-23(2)27(22)10-19-43(40,41)37-14-12-30(13-15-37)29(39)35-28(36-30)26-7-5-24(6-8-26)9-11-31(32,33)34/h10,19-21,24,26,38H,3-9,11-18H2,1-2H3,(H,35,36,39)/b19-10+. The number of sulfonamides is 1. The SMILES string of the molecule is Cc1cc(CCCOCCO)cc(C)c1/C=C/S(=O)(=O)N1CCC2(CC1)N=C(C1CCC(CCC(F)(F)F)CC1)NC2=O. The smallest absolute Gasteiger partial charge is 0.389 e. The summed E-state index contributed by atoms with van der Waals surface area (Å²) in [5.74, 6) is 0.468. The van der Waals surface area contributed by atoms with Crippen LogP contribution in [0.5, 0.6) is 0 Å². The Kier molecular flexibility index (Phi) is 11.1. The third-order valence-electron chi connectivity index (χ3n) is 9.03. The van der Waals surface area contributed by atoms with Gasteiger partial charge in [-0.15, -0.1) is 0 Å². The molecule has 2 heterocycles. The lowest BCUT2D eigenvalue weighted by atomic mass is 9.79. The first-order chi connectivity index (χ1) is 20.3. The highest BCUT2D eigenvalue weighted by atomic mass is 32.2. The lowest BCUT2D eigenvalue weighted by Crippen LogP contribution is -2.50. The van der Waals surface area contributed by atoms with Crippen LogP contribution in [0.1, 0.15) is 80.0 Å². The molecule has 43 heavy (non-hydrogen) atoms. The average molecular weight is 628 g/mol. The second-order valence-corrected chi connectivity index (χ2v) is 14.0. The van der Waals surface area contributed by atoms with E-state index in [2.05, 4.69) is 17.4 Å². The van der Waals surface area contributed by atoms with Crippen molar-refractivity contribution in [3.8, 4) is 0 Å². The number of nitrogens with one attached hydrogen (secondary N) is 1. The van der Waals surface area contributed by atoms with Gasteiger partial charge in [0.15, 0.2) is 0 Å². The molecule has 3 aliphatic rings. The Morgan fingerprint density at radius 1 is 1.12 bits per heavy atom. The maximum absolute atomic E-state index is 13.2. The van der Waals surface area contributed by atoms with Crippen molar-refractivity contribution in [2.24, 2.45) is 16.8 Å². The molecule has 1 saturated carbocycles. The van der Waals surface area contributed by atoms with E-state index < -0.39 is 28.2 Å². The second-order valence-electron chi connectivity index (χ2n) is 12.2. The lowest BCUT2D eigenvalue weighted by Gasteiger charge is -2.34. The molecule has 2 N–H and O–H groups in total. The number of carbonyl (C=O) groups excluding carboxylic acids is 1. The van der Waals surface area contributed by atoms with E-state index in [9.17, 15) is 26.4 Å². The summed E-state index contributed by atoms with van der Waals surface area (Å²) in [7, 11) is -3.71. The van der Waals surface area contributed by atoms with Crippen LogP contribution in [0, 0.1) is 25.7 Å². The number of halogens is 3. The summed E-state index contributed by atoms with van der Waals surface area (Å²) in [6.45, 7) is 5.17. The number of aliphatic imine (C=N–C) groups is 1. The number of aliphatic hydroxyl groups is 1. The molecule has 2 aliphatic heterocycles. The van der Waals surface area contributed by atoms with E-state index in [0.717, 1.165) is 35.1 Å². The number of rotatable bonds is 12. The normalized spacial score (nSPS) is 23.2. The molecule has 0 bridgehead atoms. The Hall–Kier alpha value is -2.28. The minimum Gasteiger partial charge on any atom is -0.394 e. The van der Waals surface area contributed by atoms with Gasteiger partial charge in [-0.05, 0) is 106 Å². The van der Waals surface area contributed by atoms with Crippen molar-refractivity contribution in [3.63, 3.8) is 0 Å². The summed E-state index contributed by atoms with van der Waals surface area (Å²) in [5.41, 5.74) is 2.98. The molecule has 1 aromatic carbocycles. The zero-order valence-electron chi connectivity index (χ0n) is 25.1. The van der Waals surface area contributed by atoms with Gasteiger partial charge in [-0.3, -0.25) is 9.79 Å². The Morgan fingerprint density at radius 3 is 2.37 bits per heavy atom. The van der Waals surface area contributed by atoms with Gasteiger partial charge in [0.1, 0.15) is 11.4 Å². The number of nitrogens with zero attached hydrogens (tertiary/aromatic N) is 2. The van der Waals surface area contributed by atoms with Crippen LogP contribution >= 0.6 is 0 Å². The molecular weight excluding hydrogens is 583 g/mol. The molecule has 1 aliphatic carbocycles. The van der Waals surface area contributed by atoms with Crippen LogP contribution in [0.4, 0.5) is 13.2 Å². The van der Waals surface area contributed by atoms with Crippen LogP contribution < -0.4 is 5.32 Å². The number of amides is 1. The first kappa shape index (κ1) is 33.6. The van der Waals surface area contributed by atoms with E-state index in [1.54, 1.807) is 6.08 Å². The number of alkyl halides is 3. The van der Waals surface area contributed by atoms with E-state index in [1.165, 1.54) is 9.71 Å². The van der Waals surface area contributed by atoms with Crippen LogP contribution in [0.15, 0.2) is 22.5 Å². The van der Waals surface area contributed by atoms with E-state index in [4.69, 9.17) is 14.8 Å². The van der Waals surface area contributed by atoms with Crippen LogP contribution in [0.3, 0.4) is 0 Å². The molecular formula is C31H44F3N3O5S. The van der Waals surface area contributed by atoms with Gasteiger partial charge in [-0.1, -0.05) is 12.1 Å². The van der Waals surface area contributed by atoms with E-state index in [-0.39, 0.29) is 56.7 Å². The maximum atomic E-state index is 13.2. The monoisotopic (exact) mass is 627 g/mol. The van der Waals surface area contributed by atoms with Gasteiger partial charge < -0.3 is 15.2 Å². The number of carbonyl (C=O) groups is 1. The zero-order chi connectivity index (χ0) is 31.3. The highest BCUT2D eigenvalue weighted by Gasteiger charge is 2.48. The Balaban J connectivity index is 1.32. The van der Waals surface area contributed by atoms with Crippen molar-refractivity contribution in [3.05, 3.63) is 39.8 Å². The molecule has 1 aromatic rings. The summed E-state index contributed by atoms with van der Waals surface area (Å²) in [4.78, 5) is 17.8. The van der Waals surface area contributed by atoms with Crippen molar-refractivity contribution in [2.45, 2.75) is 89.8 Å². The quantitative estimate of drug-likeness (QED) is 0.315. The van der Waals surface area contributed by atoms with Crippen LogP contribution in [0.2, 0.25) is 0 Å². The summed E-state index contributed by atoms with van der Waals surface area (Å²) in [5, 5.41) is 13.0. The molecule has 0 atom stereocenters. The number of ether oxygens (including phenoxy) is 1. The number of benzene rings is 1. The summed E-state index contributed by atoms with van der Waals surface area (Å²) in [6.07, 6.45) is 1.87. The fourth-order valence-corrected chi connectivity index (χ4v) is 7.71. The highest BCUT2D eigenvalue weighted by Crippen LogP contribution is 2.38. The first-order valence-corrected chi connectivity index (χ1v) is 16.8. The Bertz CT molecular complexity index is 1270. The number of amidine groups is 1. The number of aliphatic hydroxyl groups excluding tert-OH is 1. The van der Waals surface area contributed by atoms with Gasteiger partial charge in [0.2, 0.25) is 10.0 Å². The molecule has 240 valence electrons. The summed E-state index contributed by atoms with van der Waals surface area (Å²) in [6, 6.07) is 4.11. The van der Waals surface area contributed by atoms with Gasteiger partial charge in [-0.25, -0.2) is 8.42 Å². The lowest BCUT2D eigenvalue weighted by molar-refractivity contribution is -0.138. The zero-order valence-corrected chi connectivity index (χ0v) is 25.9. The van der Waals surface area contributed by atoms with Crippen molar-refractivity contribution >= 4 is 27.8 Å². The molecule has 1 saturated heterocycles. The predicted octanol–water partition coefficient (Wildman–Crippen LogP) is 5.06. The number of piperidine rings is 1. The fraction of sp³-hybridized carbons (Fsp3) is 0.677. The van der Waals surface area contributed by atoms with Gasteiger partial charge in [0.25, 0.3) is 5.91 Å². The van der Waals surface area contributed by atoms with Crippen LogP contribution in [0.25, 0.3) is 6.08 Å². The van der Waals surface area contributed by atoms with Crippen molar-refractivity contribution in [1.29, 1.82) is 0 Å². The van der Waals surface area contributed by atoms with Crippen molar-refractivity contribution < 1.29 is 36.2 Å².